The lowest BCUT2D eigenvalue weighted by atomic mass is 9.76. The molecule has 1 aromatic rings. The smallest absolute Gasteiger partial charge is 0.241 e. The van der Waals surface area contributed by atoms with Gasteiger partial charge in [0.05, 0.1) is 4.90 Å². The van der Waals surface area contributed by atoms with Crippen molar-refractivity contribution in [2.24, 2.45) is 0 Å². The average molecular weight is 288 g/mol. The van der Waals surface area contributed by atoms with Crippen LogP contribution in [0.5, 0.6) is 0 Å². The van der Waals surface area contributed by atoms with Gasteiger partial charge < -0.3 is 5.32 Å². The van der Waals surface area contributed by atoms with Crippen LogP contribution in [-0.4, -0.2) is 21.0 Å². The normalized spacial score (nSPS) is 18.6. The molecule has 1 fully saturated rings. The van der Waals surface area contributed by atoms with Crippen molar-refractivity contribution in [2.45, 2.75) is 49.6 Å². The second-order valence-electron chi connectivity index (χ2n) is 4.87. The Labute approximate surface area is 113 Å². The second-order valence-corrected chi connectivity index (χ2v) is 7.55. The largest absolute Gasteiger partial charge is 0.315 e. The van der Waals surface area contributed by atoms with Crippen LogP contribution >= 0.6 is 11.3 Å². The van der Waals surface area contributed by atoms with Crippen molar-refractivity contribution in [1.82, 2.24) is 10.0 Å². The van der Waals surface area contributed by atoms with E-state index in [0.29, 0.717) is 11.4 Å². The molecule has 0 aromatic carbocycles. The zero-order valence-corrected chi connectivity index (χ0v) is 12.5. The van der Waals surface area contributed by atoms with E-state index in [0.717, 1.165) is 30.6 Å². The van der Waals surface area contributed by atoms with Gasteiger partial charge in [-0.1, -0.05) is 6.92 Å². The maximum absolute atomic E-state index is 12.3. The van der Waals surface area contributed by atoms with Gasteiger partial charge in [-0.3, -0.25) is 0 Å². The minimum atomic E-state index is -3.36. The van der Waals surface area contributed by atoms with E-state index >= 15 is 0 Å². The maximum atomic E-state index is 12.3. The van der Waals surface area contributed by atoms with Crippen molar-refractivity contribution in [1.29, 1.82) is 0 Å². The number of hydrogen-bond acceptors (Lipinski definition) is 4. The highest BCUT2D eigenvalue weighted by Gasteiger charge is 2.39. The van der Waals surface area contributed by atoms with Crippen LogP contribution in [0.1, 0.15) is 37.5 Å². The number of sulfonamides is 1. The fourth-order valence-corrected chi connectivity index (χ4v) is 5.06. The molecular weight excluding hydrogens is 268 g/mol. The maximum Gasteiger partial charge on any atom is 0.241 e. The monoisotopic (exact) mass is 288 g/mol. The van der Waals surface area contributed by atoms with Gasteiger partial charge in [0.1, 0.15) is 0 Å². The summed E-state index contributed by atoms with van der Waals surface area (Å²) in [6.45, 7) is 2.75. The highest BCUT2D eigenvalue weighted by molar-refractivity contribution is 7.89. The van der Waals surface area contributed by atoms with Crippen molar-refractivity contribution >= 4 is 21.4 Å². The summed E-state index contributed by atoms with van der Waals surface area (Å²) in [5.74, 6) is 0. The number of rotatable bonds is 6. The van der Waals surface area contributed by atoms with E-state index in [9.17, 15) is 8.42 Å². The summed E-state index contributed by atoms with van der Waals surface area (Å²) < 4.78 is 27.5. The van der Waals surface area contributed by atoms with Crippen molar-refractivity contribution in [3.8, 4) is 0 Å². The molecule has 2 rings (SSSR count). The molecule has 0 aliphatic heterocycles. The minimum Gasteiger partial charge on any atom is -0.315 e. The lowest BCUT2D eigenvalue weighted by Crippen LogP contribution is -2.52. The molecule has 1 heterocycles. The lowest BCUT2D eigenvalue weighted by molar-refractivity contribution is 0.214. The molecule has 2 N–H and O–H groups in total. The number of nitrogens with one attached hydrogen (secondary N) is 2. The summed E-state index contributed by atoms with van der Waals surface area (Å²) in [4.78, 5) is 1.44. The van der Waals surface area contributed by atoms with Gasteiger partial charge in [0.15, 0.2) is 0 Å². The summed E-state index contributed by atoms with van der Waals surface area (Å²) in [5, 5.41) is 4.74. The minimum absolute atomic E-state index is 0.191. The van der Waals surface area contributed by atoms with Crippen LogP contribution in [-0.2, 0) is 16.6 Å². The molecule has 0 amide bonds. The third-order valence-electron chi connectivity index (χ3n) is 3.63. The van der Waals surface area contributed by atoms with Crippen molar-refractivity contribution in [2.75, 3.05) is 7.05 Å². The first-order valence-electron chi connectivity index (χ1n) is 6.27. The lowest BCUT2D eigenvalue weighted by Gasteiger charge is -2.41. The van der Waals surface area contributed by atoms with E-state index in [-0.39, 0.29) is 5.54 Å². The Kier molecular flexibility index (Phi) is 4.11. The first kappa shape index (κ1) is 14.0. The van der Waals surface area contributed by atoms with Gasteiger partial charge in [-0.05, 0) is 38.8 Å². The Morgan fingerprint density at radius 3 is 2.67 bits per heavy atom. The summed E-state index contributed by atoms with van der Waals surface area (Å²) >= 11 is 1.48. The van der Waals surface area contributed by atoms with Crippen molar-refractivity contribution in [3.05, 3.63) is 16.3 Å². The Morgan fingerprint density at radius 1 is 1.44 bits per heavy atom. The topological polar surface area (TPSA) is 58.2 Å². The molecule has 1 aliphatic carbocycles. The van der Waals surface area contributed by atoms with E-state index < -0.39 is 10.0 Å². The first-order chi connectivity index (χ1) is 8.51. The second kappa shape index (κ2) is 5.28. The number of thiophene rings is 1. The van der Waals surface area contributed by atoms with Gasteiger partial charge in [0.2, 0.25) is 10.0 Å². The molecule has 0 radical (unpaired) electrons. The van der Waals surface area contributed by atoms with Gasteiger partial charge in [0, 0.05) is 22.3 Å². The van der Waals surface area contributed by atoms with Crippen molar-refractivity contribution in [3.63, 3.8) is 0 Å². The summed E-state index contributed by atoms with van der Waals surface area (Å²) in [7, 11) is -1.50. The van der Waals surface area contributed by atoms with Gasteiger partial charge in [-0.15, -0.1) is 11.3 Å². The summed E-state index contributed by atoms with van der Waals surface area (Å²) in [5.41, 5.74) is -0.191. The molecule has 0 unspecified atom stereocenters. The van der Waals surface area contributed by atoms with Crippen LogP contribution in [0.4, 0.5) is 0 Å². The van der Waals surface area contributed by atoms with Gasteiger partial charge >= 0.3 is 0 Å². The fourth-order valence-electron chi connectivity index (χ4n) is 2.24. The van der Waals surface area contributed by atoms with Crippen molar-refractivity contribution < 1.29 is 8.42 Å². The van der Waals surface area contributed by atoms with Crippen LogP contribution in [0.3, 0.4) is 0 Å². The number of hydrogen-bond donors (Lipinski definition) is 2. The van der Waals surface area contributed by atoms with E-state index in [1.54, 1.807) is 11.4 Å². The molecule has 1 aliphatic rings. The molecular formula is C12H20N2O2S2. The predicted molar refractivity (Wildman–Crippen MR) is 74.3 cm³/mol. The van der Waals surface area contributed by atoms with Crippen LogP contribution in [0, 0.1) is 0 Å². The van der Waals surface area contributed by atoms with Crippen LogP contribution in [0.2, 0.25) is 0 Å². The van der Waals surface area contributed by atoms with E-state index in [2.05, 4.69) is 10.0 Å². The summed E-state index contributed by atoms with van der Waals surface area (Å²) in [6, 6.07) is 1.76. The van der Waals surface area contributed by atoms with E-state index in [1.807, 2.05) is 14.0 Å². The molecule has 4 nitrogen and oxygen atoms in total. The highest BCUT2D eigenvalue weighted by Crippen LogP contribution is 2.36. The molecule has 6 heteroatoms. The molecule has 0 saturated heterocycles. The zero-order chi connectivity index (χ0) is 13.2. The molecule has 0 bridgehead atoms. The predicted octanol–water partition coefficient (Wildman–Crippen LogP) is 2.08. The van der Waals surface area contributed by atoms with Crippen LogP contribution < -0.4 is 10.0 Å². The summed E-state index contributed by atoms with van der Waals surface area (Å²) in [6.07, 6.45) is 3.89. The Balaban J connectivity index is 2.14. The SMILES string of the molecule is CCC1(NS(=O)(=O)c2csc(CNC)c2)CCC1. The van der Waals surface area contributed by atoms with E-state index in [1.165, 1.54) is 11.3 Å². The van der Waals surface area contributed by atoms with Crippen LogP contribution in [0.15, 0.2) is 16.3 Å². The Morgan fingerprint density at radius 2 is 2.17 bits per heavy atom. The molecule has 0 atom stereocenters. The zero-order valence-electron chi connectivity index (χ0n) is 10.8. The molecule has 0 spiro atoms. The Hall–Kier alpha value is -0.430. The third kappa shape index (κ3) is 2.77. The molecule has 18 heavy (non-hydrogen) atoms. The van der Waals surface area contributed by atoms with Gasteiger partial charge in [-0.2, -0.15) is 0 Å². The molecule has 1 saturated carbocycles. The third-order valence-corrected chi connectivity index (χ3v) is 6.27. The fraction of sp³-hybridized carbons (Fsp3) is 0.667. The first-order valence-corrected chi connectivity index (χ1v) is 8.64. The Bertz CT molecular complexity index is 498. The van der Waals surface area contributed by atoms with Crippen LogP contribution in [0.25, 0.3) is 0 Å². The quantitative estimate of drug-likeness (QED) is 0.842. The van der Waals surface area contributed by atoms with Gasteiger partial charge in [-0.25, -0.2) is 13.1 Å². The standard InChI is InChI=1S/C12H20N2O2S2/c1-3-12(5-4-6-12)14-18(15,16)11-7-10(8-13-2)17-9-11/h7,9,13-14H,3-6,8H2,1-2H3. The molecule has 1 aromatic heterocycles. The average Bonchev–Trinajstić information content (AvgIpc) is 2.73. The molecule has 102 valence electrons. The van der Waals surface area contributed by atoms with E-state index in [4.69, 9.17) is 0 Å². The van der Waals surface area contributed by atoms with Gasteiger partial charge in [0.25, 0.3) is 0 Å². The highest BCUT2D eigenvalue weighted by atomic mass is 32.2.